The summed E-state index contributed by atoms with van der Waals surface area (Å²) in [6.45, 7) is 1.43. The lowest BCUT2D eigenvalue weighted by atomic mass is 9.95. The van der Waals surface area contributed by atoms with Gasteiger partial charge in [0.05, 0.1) is 5.69 Å². The van der Waals surface area contributed by atoms with E-state index in [1.807, 2.05) is 24.3 Å². The molecule has 0 radical (unpaired) electrons. The Hall–Kier alpha value is -3.02. The molecule has 2 aromatic carbocycles. The molecule has 3 aliphatic rings. The SMILES string of the molecule is O=C1[C@@H]2Cc3ccccc3CN2C(=O)N1c1ccc2c(c1)OCCO2. The van der Waals surface area contributed by atoms with Crippen LogP contribution < -0.4 is 14.4 Å². The maximum Gasteiger partial charge on any atom is 0.332 e. The Bertz CT molecular complexity index is 852. The van der Waals surface area contributed by atoms with E-state index in [1.54, 1.807) is 23.1 Å². The Kier molecular flexibility index (Phi) is 3.00. The summed E-state index contributed by atoms with van der Waals surface area (Å²) >= 11 is 0. The first-order valence-corrected chi connectivity index (χ1v) is 8.33. The second-order valence-electron chi connectivity index (χ2n) is 6.40. The molecule has 0 saturated carbocycles. The number of amides is 3. The zero-order valence-electron chi connectivity index (χ0n) is 13.5. The Labute approximate surface area is 144 Å². The number of hydrogen-bond donors (Lipinski definition) is 0. The Morgan fingerprint density at radius 1 is 0.920 bits per heavy atom. The zero-order valence-corrected chi connectivity index (χ0v) is 13.5. The second-order valence-corrected chi connectivity index (χ2v) is 6.40. The third-order valence-corrected chi connectivity index (χ3v) is 4.97. The van der Waals surface area contributed by atoms with Gasteiger partial charge in [0.1, 0.15) is 19.3 Å². The normalized spacial score (nSPS) is 21.2. The number of carbonyl (C=O) groups is 2. The van der Waals surface area contributed by atoms with Crippen molar-refractivity contribution in [3.05, 3.63) is 53.6 Å². The van der Waals surface area contributed by atoms with E-state index < -0.39 is 6.04 Å². The van der Waals surface area contributed by atoms with Crippen LogP contribution >= 0.6 is 0 Å². The highest BCUT2D eigenvalue weighted by Crippen LogP contribution is 2.38. The molecule has 1 fully saturated rings. The first-order chi connectivity index (χ1) is 12.2. The van der Waals surface area contributed by atoms with Crippen molar-refractivity contribution in [2.24, 2.45) is 0 Å². The van der Waals surface area contributed by atoms with Gasteiger partial charge in [0.15, 0.2) is 11.5 Å². The van der Waals surface area contributed by atoms with Crippen LogP contribution in [0.3, 0.4) is 0 Å². The standard InChI is InChI=1S/C19H16N2O4/c22-18-15-9-12-3-1-2-4-13(12)11-20(15)19(23)21(18)14-5-6-16-17(10-14)25-8-7-24-16/h1-6,10,15H,7-9,11H2/t15-/m0/s1. The summed E-state index contributed by atoms with van der Waals surface area (Å²) in [7, 11) is 0. The highest BCUT2D eigenvalue weighted by molar-refractivity contribution is 6.21. The van der Waals surface area contributed by atoms with Crippen molar-refractivity contribution in [3.63, 3.8) is 0 Å². The van der Waals surface area contributed by atoms with Gasteiger partial charge < -0.3 is 14.4 Å². The Morgan fingerprint density at radius 2 is 1.68 bits per heavy atom. The Balaban J connectivity index is 1.50. The number of ether oxygens (including phenoxy) is 2. The molecular formula is C19H16N2O4. The van der Waals surface area contributed by atoms with Gasteiger partial charge in [0.2, 0.25) is 0 Å². The summed E-state index contributed by atoms with van der Waals surface area (Å²) in [6.07, 6.45) is 0.557. The molecule has 5 rings (SSSR count). The van der Waals surface area contributed by atoms with E-state index in [0.29, 0.717) is 43.4 Å². The molecule has 0 bridgehead atoms. The first-order valence-electron chi connectivity index (χ1n) is 8.33. The first kappa shape index (κ1) is 14.3. The molecule has 1 saturated heterocycles. The van der Waals surface area contributed by atoms with E-state index in [-0.39, 0.29) is 11.9 Å². The molecule has 3 amide bonds. The fraction of sp³-hybridized carbons (Fsp3) is 0.263. The molecule has 6 nitrogen and oxygen atoms in total. The maximum absolute atomic E-state index is 12.9. The predicted molar refractivity (Wildman–Crippen MR) is 89.8 cm³/mol. The van der Waals surface area contributed by atoms with E-state index in [0.717, 1.165) is 11.1 Å². The maximum atomic E-state index is 12.9. The van der Waals surface area contributed by atoms with Gasteiger partial charge in [-0.1, -0.05) is 24.3 Å². The average molecular weight is 336 g/mol. The molecule has 2 aromatic rings. The van der Waals surface area contributed by atoms with Crippen molar-refractivity contribution >= 4 is 17.6 Å². The van der Waals surface area contributed by atoms with Crippen LogP contribution in [0, 0.1) is 0 Å². The number of anilines is 1. The number of carbonyl (C=O) groups excluding carboxylic acids is 2. The van der Waals surface area contributed by atoms with Gasteiger partial charge in [-0.15, -0.1) is 0 Å². The van der Waals surface area contributed by atoms with Gasteiger partial charge >= 0.3 is 6.03 Å². The van der Waals surface area contributed by atoms with Crippen molar-refractivity contribution in [2.45, 2.75) is 19.0 Å². The molecule has 6 heteroatoms. The largest absolute Gasteiger partial charge is 0.486 e. The highest BCUT2D eigenvalue weighted by atomic mass is 16.6. The predicted octanol–water partition coefficient (Wildman–Crippen LogP) is 2.35. The molecule has 25 heavy (non-hydrogen) atoms. The average Bonchev–Trinajstić information content (AvgIpc) is 2.90. The van der Waals surface area contributed by atoms with Crippen molar-refractivity contribution in [1.29, 1.82) is 0 Å². The van der Waals surface area contributed by atoms with E-state index >= 15 is 0 Å². The number of imide groups is 1. The van der Waals surface area contributed by atoms with Crippen LogP contribution in [0.2, 0.25) is 0 Å². The fourth-order valence-corrected chi connectivity index (χ4v) is 3.73. The number of nitrogens with zero attached hydrogens (tertiary/aromatic N) is 2. The van der Waals surface area contributed by atoms with Gasteiger partial charge in [-0.2, -0.15) is 0 Å². The molecule has 0 N–H and O–H groups in total. The van der Waals surface area contributed by atoms with Gasteiger partial charge in [0, 0.05) is 19.0 Å². The van der Waals surface area contributed by atoms with Crippen LogP contribution in [-0.2, 0) is 17.8 Å². The number of benzene rings is 2. The van der Waals surface area contributed by atoms with Crippen molar-refractivity contribution in [3.8, 4) is 11.5 Å². The van der Waals surface area contributed by atoms with Crippen molar-refractivity contribution in [1.82, 2.24) is 4.90 Å². The van der Waals surface area contributed by atoms with Gasteiger partial charge in [-0.25, -0.2) is 9.69 Å². The monoisotopic (exact) mass is 336 g/mol. The molecule has 0 spiro atoms. The minimum atomic E-state index is -0.435. The van der Waals surface area contributed by atoms with Crippen LogP contribution in [0.15, 0.2) is 42.5 Å². The quantitative estimate of drug-likeness (QED) is 0.750. The number of fused-ring (bicyclic) bond motifs is 3. The minimum Gasteiger partial charge on any atom is -0.486 e. The van der Waals surface area contributed by atoms with Crippen molar-refractivity contribution < 1.29 is 19.1 Å². The van der Waals surface area contributed by atoms with E-state index in [9.17, 15) is 9.59 Å². The molecule has 126 valence electrons. The number of hydrogen-bond acceptors (Lipinski definition) is 4. The molecule has 1 atom stereocenters. The molecule has 3 heterocycles. The third kappa shape index (κ3) is 2.10. The van der Waals surface area contributed by atoms with E-state index in [2.05, 4.69) is 0 Å². The van der Waals surface area contributed by atoms with E-state index in [4.69, 9.17) is 9.47 Å². The van der Waals surface area contributed by atoms with Crippen LogP contribution in [0.1, 0.15) is 11.1 Å². The van der Waals surface area contributed by atoms with Crippen molar-refractivity contribution in [2.75, 3.05) is 18.1 Å². The van der Waals surface area contributed by atoms with Crippen LogP contribution in [0.5, 0.6) is 11.5 Å². The minimum absolute atomic E-state index is 0.184. The van der Waals surface area contributed by atoms with Gasteiger partial charge in [-0.3, -0.25) is 4.79 Å². The lowest BCUT2D eigenvalue weighted by Crippen LogP contribution is -2.39. The summed E-state index contributed by atoms with van der Waals surface area (Å²) in [5, 5.41) is 0. The summed E-state index contributed by atoms with van der Waals surface area (Å²) in [6, 6.07) is 12.4. The highest BCUT2D eigenvalue weighted by Gasteiger charge is 2.47. The summed E-state index contributed by atoms with van der Waals surface area (Å²) in [4.78, 5) is 28.7. The van der Waals surface area contributed by atoms with Crippen LogP contribution in [-0.4, -0.2) is 36.1 Å². The lowest BCUT2D eigenvalue weighted by molar-refractivity contribution is -0.120. The van der Waals surface area contributed by atoms with E-state index in [1.165, 1.54) is 4.90 Å². The second kappa shape index (κ2) is 5.24. The lowest BCUT2D eigenvalue weighted by Gasteiger charge is -2.28. The molecule has 0 unspecified atom stereocenters. The van der Waals surface area contributed by atoms with Crippen LogP contribution in [0.4, 0.5) is 10.5 Å². The summed E-state index contributed by atoms with van der Waals surface area (Å²) in [5.74, 6) is 1.02. The van der Waals surface area contributed by atoms with Crippen LogP contribution in [0.25, 0.3) is 0 Å². The fourth-order valence-electron chi connectivity index (χ4n) is 3.73. The Morgan fingerprint density at radius 3 is 2.52 bits per heavy atom. The number of rotatable bonds is 1. The van der Waals surface area contributed by atoms with Gasteiger partial charge in [0.25, 0.3) is 5.91 Å². The molecular weight excluding hydrogens is 320 g/mol. The smallest absolute Gasteiger partial charge is 0.332 e. The van der Waals surface area contributed by atoms with Gasteiger partial charge in [-0.05, 0) is 23.3 Å². The summed E-state index contributed by atoms with van der Waals surface area (Å²) < 4.78 is 11.1. The summed E-state index contributed by atoms with van der Waals surface area (Å²) in [5.41, 5.74) is 2.76. The zero-order chi connectivity index (χ0) is 17.0. The molecule has 0 aliphatic carbocycles. The molecule has 3 aliphatic heterocycles. The molecule has 0 aromatic heterocycles. The third-order valence-electron chi connectivity index (χ3n) is 4.97. The number of urea groups is 1. The topological polar surface area (TPSA) is 59.1 Å².